The van der Waals surface area contributed by atoms with E-state index >= 15 is 0 Å². The molecule has 0 bridgehead atoms. The van der Waals surface area contributed by atoms with E-state index in [1.54, 1.807) is 6.92 Å². The summed E-state index contributed by atoms with van der Waals surface area (Å²) in [6.45, 7) is 1.56. The third kappa shape index (κ3) is 2.59. The summed E-state index contributed by atoms with van der Waals surface area (Å²) in [5, 5.41) is 11.0. The van der Waals surface area contributed by atoms with Gasteiger partial charge < -0.3 is 14.8 Å². The van der Waals surface area contributed by atoms with Gasteiger partial charge in [0.15, 0.2) is 6.39 Å². The minimum Gasteiger partial charge on any atom is -0.478 e. The molecule has 0 radical (unpaired) electrons. The lowest BCUT2D eigenvalue weighted by Crippen LogP contribution is -2.14. The Morgan fingerprint density at radius 2 is 2.16 bits per heavy atom. The number of nitrogens with one attached hydrogen (secondary N) is 1. The van der Waals surface area contributed by atoms with E-state index in [0.717, 1.165) is 24.6 Å². The average molecular weight is 264 g/mol. The van der Waals surface area contributed by atoms with Gasteiger partial charge in [0, 0.05) is 0 Å². The van der Waals surface area contributed by atoms with Gasteiger partial charge in [-0.1, -0.05) is 0 Å². The van der Waals surface area contributed by atoms with Crippen LogP contribution in [0, 0.1) is 12.7 Å². The summed E-state index contributed by atoms with van der Waals surface area (Å²) in [4.78, 5) is 26.3. The highest BCUT2D eigenvalue weighted by Crippen LogP contribution is 2.18. The lowest BCUT2D eigenvalue weighted by Gasteiger charge is -2.06. The molecule has 2 aromatic rings. The molecule has 0 aliphatic carbocycles. The molecule has 7 heteroatoms. The quantitative estimate of drug-likeness (QED) is 0.885. The largest absolute Gasteiger partial charge is 0.478 e. The first-order chi connectivity index (χ1) is 8.99. The fraction of sp³-hybridized carbons (Fsp3) is 0.0833. The van der Waals surface area contributed by atoms with Gasteiger partial charge in [0.1, 0.15) is 5.82 Å². The van der Waals surface area contributed by atoms with E-state index in [-0.39, 0.29) is 17.0 Å². The number of amides is 1. The number of carboxylic acids is 1. The van der Waals surface area contributed by atoms with Crippen molar-refractivity contribution in [1.82, 2.24) is 4.98 Å². The van der Waals surface area contributed by atoms with Crippen molar-refractivity contribution in [3.63, 3.8) is 0 Å². The van der Waals surface area contributed by atoms with Crippen molar-refractivity contribution < 1.29 is 23.5 Å². The van der Waals surface area contributed by atoms with Crippen LogP contribution in [-0.2, 0) is 0 Å². The number of hydrogen-bond donors (Lipinski definition) is 2. The maximum atomic E-state index is 13.5. The van der Waals surface area contributed by atoms with Crippen LogP contribution < -0.4 is 5.32 Å². The number of carboxylic acid groups (broad SMARTS) is 1. The van der Waals surface area contributed by atoms with Crippen LogP contribution in [0.5, 0.6) is 0 Å². The fourth-order valence-corrected chi connectivity index (χ4v) is 1.45. The van der Waals surface area contributed by atoms with Gasteiger partial charge in [-0.25, -0.2) is 14.2 Å². The number of benzene rings is 1. The summed E-state index contributed by atoms with van der Waals surface area (Å²) >= 11 is 0. The molecule has 98 valence electrons. The minimum absolute atomic E-state index is 0.0554. The van der Waals surface area contributed by atoms with E-state index in [4.69, 9.17) is 9.52 Å². The number of halogens is 1. The molecule has 19 heavy (non-hydrogen) atoms. The highest BCUT2D eigenvalue weighted by molar-refractivity contribution is 6.03. The van der Waals surface area contributed by atoms with Gasteiger partial charge in [-0.15, -0.1) is 0 Å². The average Bonchev–Trinajstić information content (AvgIpc) is 2.78. The summed E-state index contributed by atoms with van der Waals surface area (Å²) in [5.74, 6) is -2.71. The van der Waals surface area contributed by atoms with E-state index in [1.165, 1.54) is 0 Å². The maximum absolute atomic E-state index is 13.5. The SMILES string of the molecule is Cc1ncoc1C(=O)Nc1cc(C(=O)O)ccc1F. The molecule has 2 rings (SSSR count). The Morgan fingerprint density at radius 1 is 1.42 bits per heavy atom. The molecule has 0 atom stereocenters. The van der Waals surface area contributed by atoms with Crippen molar-refractivity contribution >= 4 is 17.6 Å². The number of rotatable bonds is 3. The van der Waals surface area contributed by atoms with E-state index < -0.39 is 17.7 Å². The van der Waals surface area contributed by atoms with Crippen LogP contribution in [0.15, 0.2) is 29.0 Å². The molecule has 0 spiro atoms. The predicted molar refractivity (Wildman–Crippen MR) is 62.6 cm³/mol. The van der Waals surface area contributed by atoms with Crippen molar-refractivity contribution in [2.75, 3.05) is 5.32 Å². The van der Waals surface area contributed by atoms with Gasteiger partial charge in [-0.3, -0.25) is 4.79 Å². The molecule has 6 nitrogen and oxygen atoms in total. The summed E-state index contributed by atoms with van der Waals surface area (Å²) < 4.78 is 18.3. The van der Waals surface area contributed by atoms with Crippen LogP contribution >= 0.6 is 0 Å². The Hall–Kier alpha value is -2.70. The number of aromatic carboxylic acids is 1. The summed E-state index contributed by atoms with van der Waals surface area (Å²) in [7, 11) is 0. The van der Waals surface area contributed by atoms with E-state index in [2.05, 4.69) is 10.3 Å². The molecule has 2 N–H and O–H groups in total. The monoisotopic (exact) mass is 264 g/mol. The number of oxazole rings is 1. The lowest BCUT2D eigenvalue weighted by atomic mass is 10.2. The molecular formula is C12H9FN2O4. The topological polar surface area (TPSA) is 92.4 Å². The van der Waals surface area contributed by atoms with Crippen molar-refractivity contribution in [3.05, 3.63) is 47.4 Å². The molecule has 0 unspecified atom stereocenters. The molecule has 0 aliphatic heterocycles. The van der Waals surface area contributed by atoms with E-state index in [1.807, 2.05) is 0 Å². The van der Waals surface area contributed by atoms with Crippen LogP contribution in [0.4, 0.5) is 10.1 Å². The van der Waals surface area contributed by atoms with Crippen molar-refractivity contribution in [2.45, 2.75) is 6.92 Å². The van der Waals surface area contributed by atoms with Crippen molar-refractivity contribution in [3.8, 4) is 0 Å². The van der Waals surface area contributed by atoms with Crippen LogP contribution in [0.2, 0.25) is 0 Å². The Labute approximate surface area is 106 Å². The number of carbonyl (C=O) groups is 2. The van der Waals surface area contributed by atoms with Crippen molar-refractivity contribution in [1.29, 1.82) is 0 Å². The van der Waals surface area contributed by atoms with Crippen LogP contribution in [0.1, 0.15) is 26.6 Å². The molecule has 1 aromatic carbocycles. The van der Waals surface area contributed by atoms with Crippen LogP contribution in [0.3, 0.4) is 0 Å². The highest BCUT2D eigenvalue weighted by Gasteiger charge is 2.17. The van der Waals surface area contributed by atoms with Gasteiger partial charge >= 0.3 is 5.97 Å². The smallest absolute Gasteiger partial charge is 0.335 e. The standard InChI is InChI=1S/C12H9FN2O4/c1-6-10(19-5-14-6)11(16)15-9-4-7(12(17)18)2-3-8(9)13/h2-5H,1H3,(H,15,16)(H,17,18). The number of hydrogen-bond acceptors (Lipinski definition) is 4. The second-order valence-electron chi connectivity index (χ2n) is 3.72. The second kappa shape index (κ2) is 4.89. The first-order valence-corrected chi connectivity index (χ1v) is 5.23. The highest BCUT2D eigenvalue weighted by atomic mass is 19.1. The number of aromatic nitrogens is 1. The van der Waals surface area contributed by atoms with Crippen molar-refractivity contribution in [2.24, 2.45) is 0 Å². The molecule has 1 amide bonds. The number of aryl methyl sites for hydroxylation is 1. The zero-order valence-electron chi connectivity index (χ0n) is 9.81. The Balaban J connectivity index is 2.28. The Bertz CT molecular complexity index is 651. The van der Waals surface area contributed by atoms with E-state index in [9.17, 15) is 14.0 Å². The number of carbonyl (C=O) groups excluding carboxylic acids is 1. The first kappa shape index (κ1) is 12.7. The second-order valence-corrected chi connectivity index (χ2v) is 3.72. The summed E-state index contributed by atoms with van der Waals surface area (Å²) in [6, 6.07) is 3.10. The van der Waals surface area contributed by atoms with Gasteiger partial charge in [0.05, 0.1) is 16.9 Å². The predicted octanol–water partition coefficient (Wildman–Crippen LogP) is 2.07. The molecule has 0 aliphatic rings. The lowest BCUT2D eigenvalue weighted by molar-refractivity contribution is 0.0696. The minimum atomic E-state index is -1.22. The molecule has 0 saturated carbocycles. The zero-order chi connectivity index (χ0) is 14.0. The Morgan fingerprint density at radius 3 is 2.74 bits per heavy atom. The zero-order valence-corrected chi connectivity index (χ0v) is 9.81. The van der Waals surface area contributed by atoms with Gasteiger partial charge in [-0.2, -0.15) is 0 Å². The molecule has 1 aromatic heterocycles. The van der Waals surface area contributed by atoms with E-state index in [0.29, 0.717) is 5.69 Å². The van der Waals surface area contributed by atoms with Gasteiger partial charge in [0.2, 0.25) is 5.76 Å². The molecule has 0 saturated heterocycles. The summed E-state index contributed by atoms with van der Waals surface area (Å²) in [5.41, 5.74) is -0.0148. The number of anilines is 1. The Kier molecular flexibility index (Phi) is 3.28. The maximum Gasteiger partial charge on any atom is 0.335 e. The summed E-state index contributed by atoms with van der Waals surface area (Å²) in [6.07, 6.45) is 1.09. The fourth-order valence-electron chi connectivity index (χ4n) is 1.45. The van der Waals surface area contributed by atoms with Crippen LogP contribution in [0.25, 0.3) is 0 Å². The first-order valence-electron chi connectivity index (χ1n) is 5.23. The van der Waals surface area contributed by atoms with Crippen LogP contribution in [-0.4, -0.2) is 22.0 Å². The normalized spacial score (nSPS) is 10.2. The molecule has 1 heterocycles. The molecule has 0 fully saturated rings. The third-order valence-electron chi connectivity index (χ3n) is 2.41. The van der Waals surface area contributed by atoms with Gasteiger partial charge in [0.25, 0.3) is 5.91 Å². The van der Waals surface area contributed by atoms with Gasteiger partial charge in [-0.05, 0) is 25.1 Å². The third-order valence-corrected chi connectivity index (χ3v) is 2.41. The molecular weight excluding hydrogens is 255 g/mol. The number of nitrogens with zero attached hydrogens (tertiary/aromatic N) is 1.